The Morgan fingerprint density at radius 2 is 2.05 bits per heavy atom. The number of hydrogen-bond donors (Lipinski definition) is 1. The molecular formula is C18H19ClN2O. The first-order chi connectivity index (χ1) is 10.6. The van der Waals surface area contributed by atoms with Crippen molar-refractivity contribution in [3.05, 3.63) is 47.0 Å². The predicted molar refractivity (Wildman–Crippen MR) is 92.2 cm³/mol. The fraction of sp³-hybridized carbons (Fsp3) is 0.278. The lowest BCUT2D eigenvalue weighted by Crippen LogP contribution is -1.92. The Kier molecular flexibility index (Phi) is 4.08. The van der Waals surface area contributed by atoms with Gasteiger partial charge in [-0.15, -0.1) is 0 Å². The number of aromatic nitrogens is 1. The fourth-order valence-electron chi connectivity index (χ4n) is 2.65. The van der Waals surface area contributed by atoms with Crippen LogP contribution in [0.3, 0.4) is 0 Å². The molecule has 1 heterocycles. The van der Waals surface area contributed by atoms with Gasteiger partial charge >= 0.3 is 0 Å². The molecule has 4 heteroatoms. The lowest BCUT2D eigenvalue weighted by molar-refractivity contribution is 0.619. The number of nitrogens with two attached hydrogens (primary N) is 1. The molecule has 0 saturated carbocycles. The maximum Gasteiger partial charge on any atom is 0.227 e. The van der Waals surface area contributed by atoms with E-state index in [9.17, 15) is 0 Å². The van der Waals surface area contributed by atoms with Gasteiger partial charge in [0.2, 0.25) is 5.89 Å². The van der Waals surface area contributed by atoms with Gasteiger partial charge in [0.05, 0.1) is 10.7 Å². The van der Waals surface area contributed by atoms with Gasteiger partial charge in [0.15, 0.2) is 5.58 Å². The van der Waals surface area contributed by atoms with Crippen molar-refractivity contribution >= 4 is 28.4 Å². The van der Waals surface area contributed by atoms with Crippen molar-refractivity contribution in [3.63, 3.8) is 0 Å². The van der Waals surface area contributed by atoms with Gasteiger partial charge in [0, 0.05) is 5.56 Å². The Labute approximate surface area is 135 Å². The van der Waals surface area contributed by atoms with Crippen LogP contribution in [-0.2, 0) is 0 Å². The number of benzene rings is 2. The minimum absolute atomic E-state index is 0.527. The number of anilines is 1. The summed E-state index contributed by atoms with van der Waals surface area (Å²) < 4.78 is 5.83. The van der Waals surface area contributed by atoms with E-state index in [2.05, 4.69) is 31.0 Å². The second-order valence-corrected chi connectivity index (χ2v) is 6.08. The van der Waals surface area contributed by atoms with Gasteiger partial charge in [-0.1, -0.05) is 37.9 Å². The molecule has 3 nitrogen and oxygen atoms in total. The summed E-state index contributed by atoms with van der Waals surface area (Å²) in [4.78, 5) is 4.59. The monoisotopic (exact) mass is 314 g/mol. The minimum Gasteiger partial charge on any atom is -0.436 e. The zero-order valence-electron chi connectivity index (χ0n) is 12.8. The summed E-state index contributed by atoms with van der Waals surface area (Å²) in [7, 11) is 0. The molecule has 0 saturated heterocycles. The summed E-state index contributed by atoms with van der Waals surface area (Å²) in [5.74, 6) is 1.10. The Hall–Kier alpha value is -2.00. The topological polar surface area (TPSA) is 52.0 Å². The van der Waals surface area contributed by atoms with Crippen molar-refractivity contribution in [1.29, 1.82) is 0 Å². The van der Waals surface area contributed by atoms with E-state index < -0.39 is 0 Å². The van der Waals surface area contributed by atoms with Crippen LogP contribution in [0.4, 0.5) is 5.69 Å². The van der Waals surface area contributed by atoms with Crippen LogP contribution in [0.15, 0.2) is 40.8 Å². The van der Waals surface area contributed by atoms with E-state index in [4.69, 9.17) is 21.8 Å². The summed E-state index contributed by atoms with van der Waals surface area (Å²) in [5, 5.41) is 0.538. The highest BCUT2D eigenvalue weighted by Gasteiger charge is 2.12. The van der Waals surface area contributed by atoms with Crippen LogP contribution in [0.1, 0.15) is 38.2 Å². The molecule has 114 valence electrons. The Bertz CT molecular complexity index is 810. The van der Waals surface area contributed by atoms with Crippen molar-refractivity contribution in [3.8, 4) is 11.5 Å². The van der Waals surface area contributed by atoms with Gasteiger partial charge in [0.1, 0.15) is 5.52 Å². The van der Waals surface area contributed by atoms with Crippen molar-refractivity contribution in [2.24, 2.45) is 0 Å². The predicted octanol–water partition coefficient (Wildman–Crippen LogP) is 5.63. The largest absolute Gasteiger partial charge is 0.436 e. The van der Waals surface area contributed by atoms with E-state index in [1.54, 1.807) is 12.1 Å². The molecular weight excluding hydrogens is 296 g/mol. The lowest BCUT2D eigenvalue weighted by atomic mass is 9.96. The maximum absolute atomic E-state index is 5.96. The van der Waals surface area contributed by atoms with E-state index in [1.165, 1.54) is 18.4 Å². The Balaban J connectivity index is 2.00. The Morgan fingerprint density at radius 3 is 2.77 bits per heavy atom. The van der Waals surface area contributed by atoms with Crippen molar-refractivity contribution < 1.29 is 4.42 Å². The van der Waals surface area contributed by atoms with Gasteiger partial charge in [-0.2, -0.15) is 0 Å². The third-order valence-corrected chi connectivity index (χ3v) is 4.29. The molecule has 0 spiro atoms. The van der Waals surface area contributed by atoms with Crippen LogP contribution in [0.2, 0.25) is 5.02 Å². The molecule has 0 bridgehead atoms. The summed E-state index contributed by atoms with van der Waals surface area (Å²) >= 11 is 5.96. The molecule has 0 aliphatic rings. The first-order valence-corrected chi connectivity index (χ1v) is 7.92. The number of oxazole rings is 1. The maximum atomic E-state index is 5.96. The standard InChI is InChI=1S/C18H19ClN2O/c1-3-4-11(2)12-6-8-17-16(10-12)21-18(22-17)13-5-7-14(19)15(20)9-13/h5-11H,3-4,20H2,1-2H3. The van der Waals surface area contributed by atoms with Crippen molar-refractivity contribution in [2.45, 2.75) is 32.6 Å². The normalized spacial score (nSPS) is 12.7. The second kappa shape index (κ2) is 6.01. The van der Waals surface area contributed by atoms with Crippen LogP contribution in [-0.4, -0.2) is 4.98 Å². The third-order valence-electron chi connectivity index (χ3n) is 3.95. The first-order valence-electron chi connectivity index (χ1n) is 7.54. The van der Waals surface area contributed by atoms with Gasteiger partial charge in [-0.3, -0.25) is 0 Å². The van der Waals surface area contributed by atoms with Crippen molar-refractivity contribution in [1.82, 2.24) is 4.98 Å². The molecule has 0 fully saturated rings. The number of hydrogen-bond acceptors (Lipinski definition) is 3. The zero-order chi connectivity index (χ0) is 15.7. The van der Waals surface area contributed by atoms with Gasteiger partial charge in [-0.25, -0.2) is 4.98 Å². The van der Waals surface area contributed by atoms with Crippen LogP contribution in [0.5, 0.6) is 0 Å². The molecule has 1 unspecified atom stereocenters. The van der Waals surface area contributed by atoms with Crippen LogP contribution in [0, 0.1) is 0 Å². The highest BCUT2D eigenvalue weighted by molar-refractivity contribution is 6.33. The van der Waals surface area contributed by atoms with E-state index >= 15 is 0 Å². The number of rotatable bonds is 4. The number of fused-ring (bicyclic) bond motifs is 1. The van der Waals surface area contributed by atoms with E-state index in [0.29, 0.717) is 22.5 Å². The average molecular weight is 315 g/mol. The molecule has 3 rings (SSSR count). The van der Waals surface area contributed by atoms with E-state index in [1.807, 2.05) is 12.1 Å². The third kappa shape index (κ3) is 2.81. The minimum atomic E-state index is 0.527. The van der Waals surface area contributed by atoms with Gasteiger partial charge in [-0.05, 0) is 48.2 Å². The fourth-order valence-corrected chi connectivity index (χ4v) is 2.77. The highest BCUT2D eigenvalue weighted by atomic mass is 35.5. The van der Waals surface area contributed by atoms with Crippen LogP contribution < -0.4 is 5.73 Å². The Morgan fingerprint density at radius 1 is 1.23 bits per heavy atom. The molecule has 0 aliphatic heterocycles. The molecule has 22 heavy (non-hydrogen) atoms. The summed E-state index contributed by atoms with van der Waals surface area (Å²) in [6, 6.07) is 11.6. The van der Waals surface area contributed by atoms with E-state index in [0.717, 1.165) is 16.7 Å². The SMILES string of the molecule is CCCC(C)c1ccc2oc(-c3ccc(Cl)c(N)c3)nc2c1. The van der Waals surface area contributed by atoms with E-state index in [-0.39, 0.29) is 0 Å². The number of nitrogen functional groups attached to an aromatic ring is 1. The van der Waals surface area contributed by atoms with Crippen LogP contribution in [0.25, 0.3) is 22.6 Å². The molecule has 0 radical (unpaired) electrons. The zero-order valence-corrected chi connectivity index (χ0v) is 13.5. The summed E-state index contributed by atoms with van der Waals surface area (Å²) in [6.45, 7) is 4.44. The molecule has 0 aliphatic carbocycles. The lowest BCUT2D eigenvalue weighted by Gasteiger charge is -2.09. The smallest absolute Gasteiger partial charge is 0.227 e. The van der Waals surface area contributed by atoms with Crippen LogP contribution >= 0.6 is 11.6 Å². The molecule has 2 N–H and O–H groups in total. The molecule has 1 atom stereocenters. The summed E-state index contributed by atoms with van der Waals surface area (Å²) in [6.07, 6.45) is 2.34. The quantitative estimate of drug-likeness (QED) is 0.634. The van der Waals surface area contributed by atoms with Crippen molar-refractivity contribution in [2.75, 3.05) is 5.73 Å². The molecule has 0 amide bonds. The highest BCUT2D eigenvalue weighted by Crippen LogP contribution is 2.30. The number of halogens is 1. The molecule has 2 aromatic carbocycles. The molecule has 1 aromatic heterocycles. The average Bonchev–Trinajstić information content (AvgIpc) is 2.93. The second-order valence-electron chi connectivity index (χ2n) is 5.67. The molecule has 3 aromatic rings. The van der Waals surface area contributed by atoms with Gasteiger partial charge < -0.3 is 10.2 Å². The number of nitrogens with zero attached hydrogens (tertiary/aromatic N) is 1. The van der Waals surface area contributed by atoms with Gasteiger partial charge in [0.25, 0.3) is 0 Å². The first kappa shape index (κ1) is 14.9. The summed E-state index contributed by atoms with van der Waals surface area (Å²) in [5.41, 5.74) is 10.2.